The molecule has 0 aromatic carbocycles. The first kappa shape index (κ1) is 18.2. The molecule has 1 N–H and O–H groups in total. The van der Waals surface area contributed by atoms with Crippen molar-refractivity contribution in [3.8, 4) is 0 Å². The fourth-order valence-electron chi connectivity index (χ4n) is 3.60. The predicted molar refractivity (Wildman–Crippen MR) is 91.1 cm³/mol. The zero-order valence-electron chi connectivity index (χ0n) is 15.0. The minimum atomic E-state index is -0.328. The predicted octanol–water partition coefficient (Wildman–Crippen LogP) is 2.20. The van der Waals surface area contributed by atoms with Gasteiger partial charge in [-0.1, -0.05) is 6.92 Å². The lowest BCUT2D eigenvalue weighted by Crippen LogP contribution is -2.44. The number of piperidine rings is 1. The number of hydrogen-bond donors (Lipinski definition) is 1. The van der Waals surface area contributed by atoms with E-state index in [1.54, 1.807) is 7.11 Å². The van der Waals surface area contributed by atoms with Gasteiger partial charge in [0.1, 0.15) is 0 Å². The first-order chi connectivity index (χ1) is 10.8. The Labute approximate surface area is 139 Å². The van der Waals surface area contributed by atoms with Crippen molar-refractivity contribution in [3.05, 3.63) is 23.0 Å². The third-order valence-electron chi connectivity index (χ3n) is 5.00. The summed E-state index contributed by atoms with van der Waals surface area (Å²) in [5.41, 5.74) is 2.88. The highest BCUT2D eigenvalue weighted by Crippen LogP contribution is 2.22. The number of aryl methyl sites for hydroxylation is 1. The molecule has 2 heterocycles. The zero-order chi connectivity index (χ0) is 17.1. The van der Waals surface area contributed by atoms with Crippen molar-refractivity contribution in [2.75, 3.05) is 33.4 Å². The fraction of sp³-hybridized carbons (Fsp3) is 0.722. The van der Waals surface area contributed by atoms with Gasteiger partial charge < -0.3 is 14.4 Å². The topological polar surface area (TPSA) is 54.7 Å². The number of aromatic nitrogens is 1. The average Bonchev–Trinajstić information content (AvgIpc) is 2.78. The molecule has 23 heavy (non-hydrogen) atoms. The molecule has 1 aliphatic rings. The summed E-state index contributed by atoms with van der Waals surface area (Å²) in [6, 6.07) is 2.19. The minimum absolute atomic E-state index is 0.135. The number of ketones is 1. The average molecular weight is 322 g/mol. The number of hydrogen-bond acceptors (Lipinski definition) is 4. The van der Waals surface area contributed by atoms with E-state index in [1.807, 2.05) is 19.9 Å². The van der Waals surface area contributed by atoms with E-state index in [1.165, 1.54) is 0 Å². The van der Waals surface area contributed by atoms with Gasteiger partial charge in [0.25, 0.3) is 0 Å². The maximum Gasteiger partial charge on any atom is 0.178 e. The van der Waals surface area contributed by atoms with Crippen molar-refractivity contribution in [2.24, 2.45) is 5.92 Å². The van der Waals surface area contributed by atoms with Gasteiger partial charge in [-0.2, -0.15) is 0 Å². The van der Waals surface area contributed by atoms with Gasteiger partial charge in [0.05, 0.1) is 25.3 Å². The molecule has 0 saturated carbocycles. The molecular weight excluding hydrogens is 292 g/mol. The first-order valence-electron chi connectivity index (χ1n) is 8.46. The number of β-amino-alcohol motifs (C(OH)–C–C–N with tert-alkyl or cyclic N) is 1. The summed E-state index contributed by atoms with van der Waals surface area (Å²) in [4.78, 5) is 14.8. The number of Topliss-reactive ketones (excluding diaryl/α,β-unsaturated/α-hetero) is 1. The minimum Gasteiger partial charge on any atom is -0.392 e. The lowest BCUT2D eigenvalue weighted by Gasteiger charge is -2.33. The van der Waals surface area contributed by atoms with E-state index in [0.717, 1.165) is 29.9 Å². The lowest BCUT2D eigenvalue weighted by atomic mass is 9.95. The molecule has 0 amide bonds. The Bertz CT molecular complexity index is 553. The van der Waals surface area contributed by atoms with Crippen molar-refractivity contribution in [2.45, 2.75) is 46.3 Å². The molecule has 5 heteroatoms. The first-order valence-corrected chi connectivity index (χ1v) is 8.46. The second kappa shape index (κ2) is 7.60. The van der Waals surface area contributed by atoms with E-state index in [2.05, 4.69) is 23.3 Å². The molecule has 1 aromatic rings. The van der Waals surface area contributed by atoms with Crippen LogP contribution in [0.2, 0.25) is 0 Å². The molecule has 1 saturated heterocycles. The van der Waals surface area contributed by atoms with E-state index in [9.17, 15) is 9.90 Å². The number of methoxy groups -OCH3 is 1. The molecule has 0 bridgehead atoms. The number of carbonyl (C=O) groups is 1. The Morgan fingerprint density at radius 1 is 1.48 bits per heavy atom. The Morgan fingerprint density at radius 2 is 2.17 bits per heavy atom. The van der Waals surface area contributed by atoms with Crippen molar-refractivity contribution < 1.29 is 14.6 Å². The number of ether oxygens (including phenoxy) is 1. The van der Waals surface area contributed by atoms with E-state index >= 15 is 0 Å². The summed E-state index contributed by atoms with van der Waals surface area (Å²) in [5, 5.41) is 10.00. The van der Waals surface area contributed by atoms with Crippen LogP contribution < -0.4 is 0 Å². The van der Waals surface area contributed by atoms with Crippen molar-refractivity contribution in [1.82, 2.24) is 9.47 Å². The quantitative estimate of drug-likeness (QED) is 0.816. The molecule has 0 radical (unpaired) electrons. The third-order valence-corrected chi connectivity index (χ3v) is 5.00. The van der Waals surface area contributed by atoms with Gasteiger partial charge in [-0.15, -0.1) is 0 Å². The van der Waals surface area contributed by atoms with Crippen LogP contribution in [0.1, 0.15) is 48.1 Å². The molecule has 3 atom stereocenters. The largest absolute Gasteiger partial charge is 0.392 e. The van der Waals surface area contributed by atoms with Gasteiger partial charge in [-0.25, -0.2) is 0 Å². The van der Waals surface area contributed by atoms with Gasteiger partial charge in [0.15, 0.2) is 5.78 Å². The van der Waals surface area contributed by atoms with E-state index < -0.39 is 0 Å². The summed E-state index contributed by atoms with van der Waals surface area (Å²) >= 11 is 0. The molecule has 3 unspecified atom stereocenters. The Balaban J connectivity index is 2.10. The van der Waals surface area contributed by atoms with E-state index in [4.69, 9.17) is 4.74 Å². The summed E-state index contributed by atoms with van der Waals surface area (Å²) in [7, 11) is 1.69. The van der Waals surface area contributed by atoms with Crippen LogP contribution in [-0.4, -0.2) is 59.8 Å². The second-order valence-corrected chi connectivity index (χ2v) is 6.95. The molecular formula is C18H30N2O3. The normalized spacial score (nSPS) is 23.9. The van der Waals surface area contributed by atoms with E-state index in [-0.39, 0.29) is 17.9 Å². The summed E-state index contributed by atoms with van der Waals surface area (Å²) < 4.78 is 7.41. The highest BCUT2D eigenvalue weighted by molar-refractivity contribution is 5.99. The van der Waals surface area contributed by atoms with Gasteiger partial charge in [0, 0.05) is 30.6 Å². The van der Waals surface area contributed by atoms with E-state index in [0.29, 0.717) is 25.6 Å². The molecule has 0 aliphatic carbocycles. The summed E-state index contributed by atoms with van der Waals surface area (Å²) in [6.07, 6.45) is 0.615. The Morgan fingerprint density at radius 3 is 2.78 bits per heavy atom. The van der Waals surface area contributed by atoms with Gasteiger partial charge in [0.2, 0.25) is 0 Å². The van der Waals surface area contributed by atoms with Gasteiger partial charge >= 0.3 is 0 Å². The number of rotatable bonds is 6. The van der Waals surface area contributed by atoms with Crippen molar-refractivity contribution in [3.63, 3.8) is 0 Å². The van der Waals surface area contributed by atoms with Crippen LogP contribution in [-0.2, 0) is 4.74 Å². The Kier molecular flexibility index (Phi) is 6.00. The molecule has 1 aromatic heterocycles. The molecule has 5 nitrogen and oxygen atoms in total. The number of likely N-dealkylation sites (tertiary alicyclic amines) is 1. The Hall–Kier alpha value is -1.17. The summed E-state index contributed by atoms with van der Waals surface area (Å²) in [5.74, 6) is 0.456. The molecule has 2 rings (SSSR count). The standard InChI is InChI=1S/C18H30N2O3/c1-12-6-7-19(9-17(12)21)10-18(22)16-8-13(2)20(15(16)4)14(3)11-23-5/h8,12,14,17,21H,6-7,9-11H2,1-5H3. The molecule has 130 valence electrons. The van der Waals surface area contributed by atoms with Crippen LogP contribution in [0.5, 0.6) is 0 Å². The number of nitrogens with zero attached hydrogens (tertiary/aromatic N) is 2. The molecule has 0 spiro atoms. The highest BCUT2D eigenvalue weighted by atomic mass is 16.5. The van der Waals surface area contributed by atoms with Crippen LogP contribution in [0.3, 0.4) is 0 Å². The number of aliphatic hydroxyl groups is 1. The second-order valence-electron chi connectivity index (χ2n) is 6.95. The maximum absolute atomic E-state index is 12.7. The lowest BCUT2D eigenvalue weighted by molar-refractivity contribution is 0.0294. The van der Waals surface area contributed by atoms with Crippen LogP contribution in [0, 0.1) is 19.8 Å². The fourth-order valence-corrected chi connectivity index (χ4v) is 3.60. The smallest absolute Gasteiger partial charge is 0.178 e. The number of aliphatic hydroxyl groups excluding tert-OH is 1. The van der Waals surface area contributed by atoms with Crippen LogP contribution in [0.4, 0.5) is 0 Å². The molecule has 1 fully saturated rings. The van der Waals surface area contributed by atoms with Gasteiger partial charge in [-0.3, -0.25) is 9.69 Å². The zero-order valence-corrected chi connectivity index (χ0v) is 15.0. The van der Waals surface area contributed by atoms with Gasteiger partial charge in [-0.05, 0) is 45.7 Å². The maximum atomic E-state index is 12.7. The summed E-state index contributed by atoms with van der Waals surface area (Å²) in [6.45, 7) is 10.7. The highest BCUT2D eigenvalue weighted by Gasteiger charge is 2.27. The van der Waals surface area contributed by atoms with Crippen LogP contribution >= 0.6 is 0 Å². The van der Waals surface area contributed by atoms with Crippen LogP contribution in [0.15, 0.2) is 6.07 Å². The molecule has 1 aliphatic heterocycles. The third kappa shape index (κ3) is 4.03. The van der Waals surface area contributed by atoms with Crippen molar-refractivity contribution >= 4 is 5.78 Å². The number of carbonyl (C=O) groups excluding carboxylic acids is 1. The SMILES string of the molecule is COCC(C)n1c(C)cc(C(=O)CN2CCC(C)C(O)C2)c1C. The monoisotopic (exact) mass is 322 g/mol. The van der Waals surface area contributed by atoms with Crippen LogP contribution in [0.25, 0.3) is 0 Å². The van der Waals surface area contributed by atoms with Crippen molar-refractivity contribution in [1.29, 1.82) is 0 Å².